The first kappa shape index (κ1) is 16.8. The minimum Gasteiger partial charge on any atom is -0.482 e. The van der Waals surface area contributed by atoms with E-state index >= 15 is 0 Å². The van der Waals surface area contributed by atoms with Gasteiger partial charge in [0.2, 0.25) is 0 Å². The molecular formula is C18H17FN2O4. The van der Waals surface area contributed by atoms with Gasteiger partial charge in [-0.05, 0) is 36.8 Å². The summed E-state index contributed by atoms with van der Waals surface area (Å²) in [5.41, 5.74) is 0.960. The summed E-state index contributed by atoms with van der Waals surface area (Å²) in [6.07, 6.45) is -0.482. The Balaban J connectivity index is 1.71. The molecule has 6 nitrogen and oxygen atoms in total. The highest BCUT2D eigenvalue weighted by Gasteiger charge is 2.21. The topological polar surface area (TPSA) is 76.7 Å². The fourth-order valence-corrected chi connectivity index (χ4v) is 2.40. The molecule has 0 saturated heterocycles. The second-order valence-corrected chi connectivity index (χ2v) is 5.48. The standard InChI is InChI=1S/C18H17FN2O4/c1-2-14(25-15-6-4-3-5-12(15)19)18(23)20-11-7-8-16-13(9-11)21-17(22)10-24-16/h3-9,14H,2,10H2,1H3,(H,20,23)(H,21,22)/t14-/m1/s1. The van der Waals surface area contributed by atoms with Crippen molar-refractivity contribution in [3.05, 3.63) is 48.3 Å². The van der Waals surface area contributed by atoms with Gasteiger partial charge in [0.25, 0.3) is 11.8 Å². The SMILES string of the molecule is CC[C@@H](Oc1ccccc1F)C(=O)Nc1ccc2c(c1)NC(=O)CO2. The van der Waals surface area contributed by atoms with Crippen LogP contribution in [0.2, 0.25) is 0 Å². The van der Waals surface area contributed by atoms with Crippen LogP contribution in [0.3, 0.4) is 0 Å². The molecule has 1 atom stereocenters. The number of fused-ring (bicyclic) bond motifs is 1. The summed E-state index contributed by atoms with van der Waals surface area (Å²) in [5, 5.41) is 5.37. The summed E-state index contributed by atoms with van der Waals surface area (Å²) >= 11 is 0. The first-order valence-electron chi connectivity index (χ1n) is 7.85. The molecule has 2 aromatic rings. The van der Waals surface area contributed by atoms with Gasteiger partial charge in [-0.25, -0.2) is 4.39 Å². The maximum Gasteiger partial charge on any atom is 0.265 e. The molecule has 2 aromatic carbocycles. The predicted octanol–water partition coefficient (Wildman–Crippen LogP) is 2.95. The summed E-state index contributed by atoms with van der Waals surface area (Å²) in [5.74, 6) is -0.635. The Kier molecular flexibility index (Phi) is 4.83. The van der Waals surface area contributed by atoms with Crippen LogP contribution in [-0.2, 0) is 9.59 Å². The van der Waals surface area contributed by atoms with Crippen LogP contribution in [0.5, 0.6) is 11.5 Å². The lowest BCUT2D eigenvalue weighted by Gasteiger charge is -2.20. The average molecular weight is 344 g/mol. The third kappa shape index (κ3) is 3.88. The highest BCUT2D eigenvalue weighted by Crippen LogP contribution is 2.30. The van der Waals surface area contributed by atoms with E-state index in [9.17, 15) is 14.0 Å². The summed E-state index contributed by atoms with van der Waals surface area (Å²) < 4.78 is 24.4. The van der Waals surface area contributed by atoms with Gasteiger partial charge in [0.15, 0.2) is 24.3 Å². The zero-order valence-corrected chi connectivity index (χ0v) is 13.5. The molecule has 2 N–H and O–H groups in total. The number of carbonyl (C=O) groups excluding carboxylic acids is 2. The summed E-state index contributed by atoms with van der Waals surface area (Å²) in [6, 6.07) is 10.8. The Labute approximate surface area is 143 Å². The van der Waals surface area contributed by atoms with Crippen molar-refractivity contribution in [2.75, 3.05) is 17.2 Å². The van der Waals surface area contributed by atoms with Gasteiger partial charge in [0.1, 0.15) is 5.75 Å². The highest BCUT2D eigenvalue weighted by molar-refractivity contribution is 5.98. The number of rotatable bonds is 5. The fraction of sp³-hybridized carbons (Fsp3) is 0.222. The van der Waals surface area contributed by atoms with Gasteiger partial charge < -0.3 is 20.1 Å². The number of benzene rings is 2. The Morgan fingerprint density at radius 3 is 2.92 bits per heavy atom. The van der Waals surface area contributed by atoms with E-state index in [2.05, 4.69) is 10.6 Å². The Bertz CT molecular complexity index is 809. The van der Waals surface area contributed by atoms with Crippen molar-refractivity contribution >= 4 is 23.2 Å². The number of hydrogen-bond donors (Lipinski definition) is 2. The summed E-state index contributed by atoms with van der Waals surface area (Å²) in [6.45, 7) is 1.74. The van der Waals surface area contributed by atoms with Crippen LogP contribution in [0.15, 0.2) is 42.5 Å². The second-order valence-electron chi connectivity index (χ2n) is 5.48. The molecule has 0 aliphatic carbocycles. The van der Waals surface area contributed by atoms with Crippen LogP contribution in [0.25, 0.3) is 0 Å². The van der Waals surface area contributed by atoms with Gasteiger partial charge in [-0.3, -0.25) is 9.59 Å². The molecule has 0 radical (unpaired) electrons. The first-order chi connectivity index (χ1) is 12.1. The van der Waals surface area contributed by atoms with E-state index in [0.717, 1.165) is 0 Å². The van der Waals surface area contributed by atoms with Crippen LogP contribution in [-0.4, -0.2) is 24.5 Å². The summed E-state index contributed by atoms with van der Waals surface area (Å²) in [7, 11) is 0. The van der Waals surface area contributed by atoms with Crippen LogP contribution >= 0.6 is 0 Å². The molecule has 25 heavy (non-hydrogen) atoms. The smallest absolute Gasteiger partial charge is 0.265 e. The van der Waals surface area contributed by atoms with Gasteiger partial charge in [0.05, 0.1) is 5.69 Å². The zero-order chi connectivity index (χ0) is 17.8. The molecule has 0 saturated carbocycles. The number of para-hydroxylation sites is 1. The number of ether oxygens (including phenoxy) is 2. The monoisotopic (exact) mass is 344 g/mol. The van der Waals surface area contributed by atoms with Crippen molar-refractivity contribution in [1.82, 2.24) is 0 Å². The van der Waals surface area contributed by atoms with E-state index in [-0.39, 0.29) is 18.3 Å². The number of carbonyl (C=O) groups is 2. The molecule has 0 bridgehead atoms. The predicted molar refractivity (Wildman–Crippen MR) is 90.3 cm³/mol. The number of hydrogen-bond acceptors (Lipinski definition) is 4. The van der Waals surface area contributed by atoms with E-state index in [4.69, 9.17) is 9.47 Å². The van der Waals surface area contributed by atoms with E-state index in [1.54, 1.807) is 37.3 Å². The van der Waals surface area contributed by atoms with Gasteiger partial charge in [0, 0.05) is 5.69 Å². The molecule has 3 rings (SSSR count). The molecule has 0 unspecified atom stereocenters. The molecule has 130 valence electrons. The molecule has 1 aliphatic heterocycles. The molecule has 1 aliphatic rings. The van der Waals surface area contributed by atoms with Crippen LogP contribution in [0.1, 0.15) is 13.3 Å². The van der Waals surface area contributed by atoms with E-state index in [1.165, 1.54) is 12.1 Å². The van der Waals surface area contributed by atoms with Crippen molar-refractivity contribution in [2.24, 2.45) is 0 Å². The van der Waals surface area contributed by atoms with Crippen molar-refractivity contribution in [1.29, 1.82) is 0 Å². The first-order valence-corrected chi connectivity index (χ1v) is 7.85. The maximum atomic E-state index is 13.7. The minimum absolute atomic E-state index is 0.0237. The molecule has 7 heteroatoms. The highest BCUT2D eigenvalue weighted by atomic mass is 19.1. The second kappa shape index (κ2) is 7.21. The Morgan fingerprint density at radius 1 is 1.36 bits per heavy atom. The molecule has 0 aromatic heterocycles. The summed E-state index contributed by atoms with van der Waals surface area (Å²) in [4.78, 5) is 23.8. The van der Waals surface area contributed by atoms with E-state index < -0.39 is 17.8 Å². The number of halogens is 1. The largest absolute Gasteiger partial charge is 0.482 e. The minimum atomic E-state index is -0.848. The van der Waals surface area contributed by atoms with Crippen LogP contribution in [0.4, 0.5) is 15.8 Å². The van der Waals surface area contributed by atoms with Crippen molar-refractivity contribution < 1.29 is 23.5 Å². The van der Waals surface area contributed by atoms with Crippen LogP contribution < -0.4 is 20.1 Å². The van der Waals surface area contributed by atoms with E-state index in [1.807, 2.05) is 0 Å². The average Bonchev–Trinajstić information content (AvgIpc) is 2.60. The van der Waals surface area contributed by atoms with Gasteiger partial charge in [-0.1, -0.05) is 19.1 Å². The van der Waals surface area contributed by atoms with Gasteiger partial charge in [-0.2, -0.15) is 0 Å². The lowest BCUT2D eigenvalue weighted by Crippen LogP contribution is -2.32. The fourth-order valence-electron chi connectivity index (χ4n) is 2.40. The van der Waals surface area contributed by atoms with Crippen molar-refractivity contribution in [3.63, 3.8) is 0 Å². The lowest BCUT2D eigenvalue weighted by atomic mass is 10.2. The lowest BCUT2D eigenvalue weighted by molar-refractivity contribution is -0.123. The van der Waals surface area contributed by atoms with E-state index in [0.29, 0.717) is 23.5 Å². The molecular weight excluding hydrogens is 327 g/mol. The Hall–Kier alpha value is -3.09. The molecule has 0 spiro atoms. The number of nitrogens with one attached hydrogen (secondary N) is 2. The molecule has 1 heterocycles. The maximum absolute atomic E-state index is 13.7. The third-order valence-electron chi connectivity index (χ3n) is 3.65. The van der Waals surface area contributed by atoms with Gasteiger partial charge >= 0.3 is 0 Å². The quantitative estimate of drug-likeness (QED) is 0.874. The third-order valence-corrected chi connectivity index (χ3v) is 3.65. The molecule has 0 fully saturated rings. The van der Waals surface area contributed by atoms with Crippen molar-refractivity contribution in [3.8, 4) is 11.5 Å². The van der Waals surface area contributed by atoms with Gasteiger partial charge in [-0.15, -0.1) is 0 Å². The van der Waals surface area contributed by atoms with Crippen molar-refractivity contribution in [2.45, 2.75) is 19.4 Å². The normalized spacial score (nSPS) is 13.9. The van der Waals surface area contributed by atoms with Crippen LogP contribution in [0, 0.1) is 5.82 Å². The Morgan fingerprint density at radius 2 is 2.16 bits per heavy atom. The molecule has 2 amide bonds. The number of amides is 2. The zero-order valence-electron chi connectivity index (χ0n) is 13.5. The number of anilines is 2.